The minimum Gasteiger partial charge on any atom is -0.494 e. The smallest absolute Gasteiger partial charge is 0.415 e. The molecule has 0 fully saturated rings. The average Bonchev–Trinajstić information content (AvgIpc) is 2.98. The summed E-state index contributed by atoms with van der Waals surface area (Å²) in [6, 6.07) is 12.1. The first kappa shape index (κ1) is 19.5. The van der Waals surface area contributed by atoms with Crippen LogP contribution in [0.4, 0.5) is 4.79 Å². The predicted molar refractivity (Wildman–Crippen MR) is 106 cm³/mol. The van der Waals surface area contributed by atoms with Crippen molar-refractivity contribution in [3.63, 3.8) is 0 Å². The first-order chi connectivity index (χ1) is 13.5. The number of carbonyl (C=O) groups is 2. The first-order valence-corrected chi connectivity index (χ1v) is 9.33. The van der Waals surface area contributed by atoms with Gasteiger partial charge in [-0.25, -0.2) is 4.79 Å². The van der Waals surface area contributed by atoms with Crippen LogP contribution in [0.1, 0.15) is 36.7 Å². The summed E-state index contributed by atoms with van der Waals surface area (Å²) >= 11 is 0. The van der Waals surface area contributed by atoms with Crippen LogP contribution < -0.4 is 14.2 Å². The van der Waals surface area contributed by atoms with Crippen molar-refractivity contribution in [2.45, 2.75) is 20.8 Å². The van der Waals surface area contributed by atoms with Crippen LogP contribution in [0, 0.1) is 0 Å². The van der Waals surface area contributed by atoms with Gasteiger partial charge in [0.1, 0.15) is 17.2 Å². The Labute approximate surface area is 164 Å². The van der Waals surface area contributed by atoms with E-state index >= 15 is 0 Å². The number of nitrogens with zero attached hydrogens (tertiary/aromatic N) is 1. The number of benzene rings is 2. The summed E-state index contributed by atoms with van der Waals surface area (Å²) < 4.78 is 16.6. The molecule has 0 saturated heterocycles. The quantitative estimate of drug-likeness (QED) is 0.687. The number of hydrogen-bond acceptors (Lipinski definition) is 5. The number of ether oxygens (including phenoxy) is 3. The highest BCUT2D eigenvalue weighted by Gasteiger charge is 2.27. The summed E-state index contributed by atoms with van der Waals surface area (Å²) in [6.07, 6.45) is 1.23. The topological polar surface area (TPSA) is 65.1 Å². The molecule has 0 aliphatic carbocycles. The summed E-state index contributed by atoms with van der Waals surface area (Å²) in [7, 11) is 0. The Morgan fingerprint density at radius 1 is 1.07 bits per heavy atom. The average molecular weight is 381 g/mol. The van der Waals surface area contributed by atoms with E-state index in [1.54, 1.807) is 47.4 Å². The van der Waals surface area contributed by atoms with E-state index in [-0.39, 0.29) is 11.5 Å². The molecule has 0 atom stereocenters. The van der Waals surface area contributed by atoms with E-state index in [0.717, 1.165) is 0 Å². The molecule has 0 radical (unpaired) electrons. The van der Waals surface area contributed by atoms with Crippen LogP contribution >= 0.6 is 0 Å². The third kappa shape index (κ3) is 4.17. The van der Waals surface area contributed by atoms with Gasteiger partial charge >= 0.3 is 6.09 Å². The first-order valence-electron chi connectivity index (χ1n) is 9.33. The van der Waals surface area contributed by atoms with Gasteiger partial charge in [0.25, 0.3) is 0 Å². The number of hydrogen-bond donors (Lipinski definition) is 0. The molecule has 1 aliphatic rings. The molecule has 0 N–H and O–H groups in total. The lowest BCUT2D eigenvalue weighted by Gasteiger charge is -2.17. The van der Waals surface area contributed by atoms with E-state index in [2.05, 4.69) is 0 Å². The maximum atomic E-state index is 12.6. The third-order valence-electron chi connectivity index (χ3n) is 4.34. The molecular formula is C22H23NO5. The fourth-order valence-electron chi connectivity index (χ4n) is 2.89. The Morgan fingerprint density at radius 3 is 2.57 bits per heavy atom. The molecule has 0 unspecified atom stereocenters. The van der Waals surface area contributed by atoms with E-state index in [0.29, 0.717) is 48.1 Å². The molecular weight excluding hydrogens is 358 g/mol. The molecule has 1 amide bonds. The minimum atomic E-state index is -0.404. The fourth-order valence-corrected chi connectivity index (χ4v) is 2.89. The van der Waals surface area contributed by atoms with Crippen molar-refractivity contribution >= 4 is 18.0 Å². The van der Waals surface area contributed by atoms with Crippen molar-refractivity contribution in [2.75, 3.05) is 19.7 Å². The predicted octanol–water partition coefficient (Wildman–Crippen LogP) is 4.54. The number of Topliss-reactive ketones (excluding diaryl/α,β-unsaturated/α-hetero) is 1. The molecule has 0 bridgehead atoms. The molecule has 146 valence electrons. The van der Waals surface area contributed by atoms with Crippen LogP contribution in [0.3, 0.4) is 0 Å². The molecule has 2 aromatic carbocycles. The second-order valence-corrected chi connectivity index (χ2v) is 6.14. The summed E-state index contributed by atoms with van der Waals surface area (Å²) in [5.41, 5.74) is 1.20. The highest BCUT2D eigenvalue weighted by molar-refractivity contribution is 6.14. The summed E-state index contributed by atoms with van der Waals surface area (Å²) in [6.45, 7) is 7.36. The Kier molecular flexibility index (Phi) is 5.99. The van der Waals surface area contributed by atoms with Gasteiger partial charge in [-0.15, -0.1) is 0 Å². The van der Waals surface area contributed by atoms with E-state index in [9.17, 15) is 9.59 Å². The lowest BCUT2D eigenvalue weighted by molar-refractivity contribution is 0.101. The zero-order valence-corrected chi connectivity index (χ0v) is 16.2. The minimum absolute atomic E-state index is 0.191. The van der Waals surface area contributed by atoms with Crippen LogP contribution in [0.5, 0.6) is 17.2 Å². The Hall–Kier alpha value is -3.28. The largest absolute Gasteiger partial charge is 0.494 e. The molecule has 6 heteroatoms. The molecule has 6 nitrogen and oxygen atoms in total. The zero-order valence-electron chi connectivity index (χ0n) is 16.2. The molecule has 0 aromatic heterocycles. The molecule has 1 aliphatic heterocycles. The number of carbonyl (C=O) groups excluding carboxylic acids is 2. The molecule has 2 aromatic rings. The molecule has 1 heterocycles. The van der Waals surface area contributed by atoms with Crippen molar-refractivity contribution in [3.05, 3.63) is 59.4 Å². The Bertz CT molecular complexity index is 915. The maximum Gasteiger partial charge on any atom is 0.415 e. The second kappa shape index (κ2) is 8.61. The Morgan fingerprint density at radius 2 is 1.86 bits per heavy atom. The SMILES string of the molecule is CCOc1ccc2c(c1)O/C(=C\c1cccc(OC(=O)N(CC)CC)c1)C2=O. The summed E-state index contributed by atoms with van der Waals surface area (Å²) in [5, 5.41) is 0. The van der Waals surface area contributed by atoms with Gasteiger partial charge in [-0.2, -0.15) is 0 Å². The van der Waals surface area contributed by atoms with Crippen LogP contribution in [-0.4, -0.2) is 36.5 Å². The van der Waals surface area contributed by atoms with Gasteiger partial charge in [0, 0.05) is 19.2 Å². The number of allylic oxidation sites excluding steroid dienone is 1. The van der Waals surface area contributed by atoms with E-state index in [4.69, 9.17) is 14.2 Å². The van der Waals surface area contributed by atoms with Gasteiger partial charge in [0.2, 0.25) is 5.78 Å². The maximum absolute atomic E-state index is 12.6. The fraction of sp³-hybridized carbons (Fsp3) is 0.273. The lowest BCUT2D eigenvalue weighted by atomic mass is 10.1. The van der Waals surface area contributed by atoms with Crippen LogP contribution in [0.2, 0.25) is 0 Å². The highest BCUT2D eigenvalue weighted by Crippen LogP contribution is 2.35. The van der Waals surface area contributed by atoms with Gasteiger partial charge < -0.3 is 19.1 Å². The van der Waals surface area contributed by atoms with Gasteiger partial charge in [0.05, 0.1) is 12.2 Å². The van der Waals surface area contributed by atoms with Crippen LogP contribution in [0.25, 0.3) is 6.08 Å². The van der Waals surface area contributed by atoms with Crippen LogP contribution in [-0.2, 0) is 0 Å². The van der Waals surface area contributed by atoms with Crippen molar-refractivity contribution in [1.82, 2.24) is 4.90 Å². The number of rotatable bonds is 6. The summed E-state index contributed by atoms with van der Waals surface area (Å²) in [4.78, 5) is 26.3. The molecule has 0 spiro atoms. The van der Waals surface area contributed by atoms with Gasteiger partial charge in [0.15, 0.2) is 5.76 Å². The second-order valence-electron chi connectivity index (χ2n) is 6.14. The highest BCUT2D eigenvalue weighted by atomic mass is 16.6. The van der Waals surface area contributed by atoms with Crippen molar-refractivity contribution < 1.29 is 23.8 Å². The van der Waals surface area contributed by atoms with E-state index < -0.39 is 6.09 Å². The third-order valence-corrected chi connectivity index (χ3v) is 4.34. The lowest BCUT2D eigenvalue weighted by Crippen LogP contribution is -2.33. The van der Waals surface area contributed by atoms with Gasteiger partial charge in [-0.05, 0) is 56.7 Å². The number of fused-ring (bicyclic) bond motifs is 1. The van der Waals surface area contributed by atoms with Crippen molar-refractivity contribution in [1.29, 1.82) is 0 Å². The zero-order chi connectivity index (χ0) is 20.1. The van der Waals surface area contributed by atoms with Crippen molar-refractivity contribution in [3.8, 4) is 17.2 Å². The molecule has 28 heavy (non-hydrogen) atoms. The molecule has 3 rings (SSSR count). The molecule has 0 saturated carbocycles. The van der Waals surface area contributed by atoms with Crippen LogP contribution in [0.15, 0.2) is 48.2 Å². The Balaban J connectivity index is 1.79. The number of amides is 1. The van der Waals surface area contributed by atoms with Gasteiger partial charge in [-0.3, -0.25) is 4.79 Å². The van der Waals surface area contributed by atoms with Gasteiger partial charge in [-0.1, -0.05) is 12.1 Å². The summed E-state index contributed by atoms with van der Waals surface area (Å²) in [5.74, 6) is 1.57. The van der Waals surface area contributed by atoms with E-state index in [1.807, 2.05) is 26.8 Å². The normalized spacial score (nSPS) is 13.8. The standard InChI is InChI=1S/C22H23NO5/c1-4-23(5-2)22(25)27-17-9-7-8-15(12-17)13-20-21(24)18-11-10-16(26-6-3)14-19(18)28-20/h7-14H,4-6H2,1-3H3/b20-13-. The van der Waals surface area contributed by atoms with E-state index in [1.165, 1.54) is 0 Å². The number of ketones is 1. The monoisotopic (exact) mass is 381 g/mol. The van der Waals surface area contributed by atoms with Crippen molar-refractivity contribution in [2.24, 2.45) is 0 Å².